The smallest absolute Gasteiger partial charge is 0.223 e. The first-order valence-electron chi connectivity index (χ1n) is 5.60. The molecule has 2 aromatic heterocycles. The maximum absolute atomic E-state index is 5.79. The second-order valence-corrected chi connectivity index (χ2v) is 6.54. The van der Waals surface area contributed by atoms with Crippen LogP contribution in [-0.4, -0.2) is 34.6 Å². The molecule has 4 nitrogen and oxygen atoms in total. The van der Waals surface area contributed by atoms with E-state index in [1.165, 1.54) is 4.88 Å². The average molecular weight is 266 g/mol. The van der Waals surface area contributed by atoms with Gasteiger partial charge in [0, 0.05) is 29.5 Å². The predicted octanol–water partition coefficient (Wildman–Crippen LogP) is 2.14. The van der Waals surface area contributed by atoms with Crippen molar-refractivity contribution in [3.05, 3.63) is 10.9 Å². The van der Waals surface area contributed by atoms with Gasteiger partial charge in [-0.3, -0.25) is 0 Å². The van der Waals surface area contributed by atoms with Crippen molar-refractivity contribution >= 4 is 45.1 Å². The number of nitrogen functional groups attached to an aromatic ring is 1. The first-order valence-corrected chi connectivity index (χ1v) is 7.57. The maximum Gasteiger partial charge on any atom is 0.223 e. The lowest BCUT2D eigenvalue weighted by atomic mass is 10.3. The van der Waals surface area contributed by atoms with Crippen LogP contribution in [0, 0.1) is 6.92 Å². The van der Waals surface area contributed by atoms with Crippen molar-refractivity contribution in [3.63, 3.8) is 0 Å². The molecule has 1 aliphatic heterocycles. The lowest BCUT2D eigenvalue weighted by molar-refractivity contribution is 0.844. The minimum absolute atomic E-state index is 0.382. The van der Waals surface area contributed by atoms with Crippen molar-refractivity contribution < 1.29 is 0 Å². The van der Waals surface area contributed by atoms with E-state index in [2.05, 4.69) is 27.9 Å². The molecule has 1 fully saturated rings. The third kappa shape index (κ3) is 2.07. The number of aromatic nitrogens is 2. The van der Waals surface area contributed by atoms with Gasteiger partial charge in [-0.2, -0.15) is 16.7 Å². The first-order chi connectivity index (χ1) is 8.24. The van der Waals surface area contributed by atoms with Crippen molar-refractivity contribution in [2.75, 3.05) is 35.2 Å². The Kier molecular flexibility index (Phi) is 2.84. The van der Waals surface area contributed by atoms with Crippen LogP contribution in [0.3, 0.4) is 0 Å². The van der Waals surface area contributed by atoms with Crippen molar-refractivity contribution in [1.29, 1.82) is 0 Å². The fourth-order valence-electron chi connectivity index (χ4n) is 2.06. The fourth-order valence-corrected chi connectivity index (χ4v) is 3.84. The van der Waals surface area contributed by atoms with E-state index in [4.69, 9.17) is 5.73 Å². The minimum Gasteiger partial charge on any atom is -0.368 e. The van der Waals surface area contributed by atoms with Gasteiger partial charge in [-0.05, 0) is 13.0 Å². The summed E-state index contributed by atoms with van der Waals surface area (Å²) in [5, 5.41) is 1.15. The zero-order valence-electron chi connectivity index (χ0n) is 9.64. The molecule has 0 aromatic carbocycles. The molecule has 2 aromatic rings. The Morgan fingerprint density at radius 1 is 1.29 bits per heavy atom. The molecule has 0 aliphatic carbocycles. The second-order valence-electron chi connectivity index (χ2n) is 4.08. The van der Waals surface area contributed by atoms with Crippen LogP contribution < -0.4 is 10.6 Å². The number of thioether (sulfide) groups is 1. The molecule has 3 heterocycles. The Labute approximate surface area is 108 Å². The predicted molar refractivity (Wildman–Crippen MR) is 76.1 cm³/mol. The molecule has 0 unspecified atom stereocenters. The molecule has 0 spiro atoms. The minimum atomic E-state index is 0.382. The Hall–Kier alpha value is -1.01. The summed E-state index contributed by atoms with van der Waals surface area (Å²) in [6, 6.07) is 2.16. The van der Waals surface area contributed by atoms with Crippen LogP contribution in [0.1, 0.15) is 4.88 Å². The highest BCUT2D eigenvalue weighted by Gasteiger charge is 2.17. The van der Waals surface area contributed by atoms with Crippen LogP contribution >= 0.6 is 23.1 Å². The highest BCUT2D eigenvalue weighted by molar-refractivity contribution is 7.99. The van der Waals surface area contributed by atoms with E-state index in [1.807, 2.05) is 11.8 Å². The Morgan fingerprint density at radius 3 is 2.82 bits per heavy atom. The van der Waals surface area contributed by atoms with E-state index < -0.39 is 0 Å². The summed E-state index contributed by atoms with van der Waals surface area (Å²) in [7, 11) is 0. The van der Waals surface area contributed by atoms with Crippen molar-refractivity contribution in [1.82, 2.24) is 9.97 Å². The average Bonchev–Trinajstić information content (AvgIpc) is 2.69. The van der Waals surface area contributed by atoms with Gasteiger partial charge in [-0.15, -0.1) is 11.3 Å². The molecular formula is C11H14N4S2. The van der Waals surface area contributed by atoms with Crippen LogP contribution in [0.15, 0.2) is 6.07 Å². The first kappa shape index (κ1) is 11.1. The Balaban J connectivity index is 2.12. The SMILES string of the molecule is Cc1cc2c(N3CCSCC3)nc(N)nc2s1. The number of anilines is 2. The summed E-state index contributed by atoms with van der Waals surface area (Å²) >= 11 is 3.68. The molecule has 0 saturated carbocycles. The van der Waals surface area contributed by atoms with Gasteiger partial charge in [0.15, 0.2) is 0 Å². The highest BCUT2D eigenvalue weighted by Crippen LogP contribution is 2.32. The molecule has 90 valence electrons. The molecular weight excluding hydrogens is 252 g/mol. The van der Waals surface area contributed by atoms with Gasteiger partial charge >= 0.3 is 0 Å². The van der Waals surface area contributed by atoms with Crippen molar-refractivity contribution in [2.24, 2.45) is 0 Å². The van der Waals surface area contributed by atoms with E-state index in [0.29, 0.717) is 5.95 Å². The molecule has 6 heteroatoms. The molecule has 0 bridgehead atoms. The lowest BCUT2D eigenvalue weighted by Gasteiger charge is -2.27. The normalized spacial score (nSPS) is 16.6. The van der Waals surface area contributed by atoms with E-state index in [1.54, 1.807) is 11.3 Å². The van der Waals surface area contributed by atoms with Crippen LogP contribution in [0.25, 0.3) is 10.2 Å². The van der Waals surface area contributed by atoms with E-state index >= 15 is 0 Å². The maximum atomic E-state index is 5.79. The molecule has 0 amide bonds. The molecule has 1 aliphatic rings. The summed E-state index contributed by atoms with van der Waals surface area (Å²) in [5.41, 5.74) is 5.79. The standard InChI is InChI=1S/C11H14N4S2/c1-7-6-8-9(15-2-4-16-5-3-15)13-11(12)14-10(8)17-7/h6H,2-5H2,1H3,(H2,12,13,14). The van der Waals surface area contributed by atoms with Crippen molar-refractivity contribution in [2.45, 2.75) is 6.92 Å². The number of nitrogens with two attached hydrogens (primary N) is 1. The van der Waals surface area contributed by atoms with Gasteiger partial charge in [0.2, 0.25) is 5.95 Å². The number of rotatable bonds is 1. The number of aryl methyl sites for hydroxylation is 1. The van der Waals surface area contributed by atoms with Crippen LogP contribution in [-0.2, 0) is 0 Å². The number of thiophene rings is 1. The van der Waals surface area contributed by atoms with E-state index in [-0.39, 0.29) is 0 Å². The van der Waals surface area contributed by atoms with Gasteiger partial charge in [0.1, 0.15) is 10.6 Å². The zero-order valence-corrected chi connectivity index (χ0v) is 11.3. The number of hydrogen-bond acceptors (Lipinski definition) is 6. The third-order valence-electron chi connectivity index (χ3n) is 2.82. The lowest BCUT2D eigenvalue weighted by Crippen LogP contribution is -2.33. The third-order valence-corrected chi connectivity index (χ3v) is 4.71. The molecule has 0 atom stereocenters. The van der Waals surface area contributed by atoms with Gasteiger partial charge in [0.05, 0.1) is 5.39 Å². The summed E-state index contributed by atoms with van der Waals surface area (Å²) < 4.78 is 0. The van der Waals surface area contributed by atoms with E-state index in [9.17, 15) is 0 Å². The van der Waals surface area contributed by atoms with Gasteiger partial charge < -0.3 is 10.6 Å². The molecule has 0 radical (unpaired) electrons. The van der Waals surface area contributed by atoms with Gasteiger partial charge in [-0.25, -0.2) is 4.98 Å². The summed E-state index contributed by atoms with van der Waals surface area (Å²) in [6.07, 6.45) is 0. The Bertz CT molecular complexity index is 546. The van der Waals surface area contributed by atoms with Gasteiger partial charge in [0.25, 0.3) is 0 Å². The molecule has 1 saturated heterocycles. The topological polar surface area (TPSA) is 55.0 Å². The molecule has 17 heavy (non-hydrogen) atoms. The van der Waals surface area contributed by atoms with Crippen LogP contribution in [0.2, 0.25) is 0 Å². The van der Waals surface area contributed by atoms with Crippen molar-refractivity contribution in [3.8, 4) is 0 Å². The quantitative estimate of drug-likeness (QED) is 0.857. The largest absolute Gasteiger partial charge is 0.368 e. The van der Waals surface area contributed by atoms with Gasteiger partial charge in [-0.1, -0.05) is 0 Å². The second kappa shape index (κ2) is 4.34. The molecule has 3 rings (SSSR count). The number of hydrogen-bond donors (Lipinski definition) is 1. The summed E-state index contributed by atoms with van der Waals surface area (Å²) in [5.74, 6) is 3.72. The number of nitrogens with zero attached hydrogens (tertiary/aromatic N) is 3. The highest BCUT2D eigenvalue weighted by atomic mass is 32.2. The summed E-state index contributed by atoms with van der Waals surface area (Å²) in [6.45, 7) is 4.19. The Morgan fingerprint density at radius 2 is 2.06 bits per heavy atom. The monoisotopic (exact) mass is 266 g/mol. The summed E-state index contributed by atoms with van der Waals surface area (Å²) in [4.78, 5) is 13.3. The van der Waals surface area contributed by atoms with E-state index in [0.717, 1.165) is 40.6 Å². The van der Waals surface area contributed by atoms with Crippen LogP contribution in [0.4, 0.5) is 11.8 Å². The molecule has 2 N–H and O–H groups in total. The fraction of sp³-hybridized carbons (Fsp3) is 0.455. The van der Waals surface area contributed by atoms with Crippen LogP contribution in [0.5, 0.6) is 0 Å². The number of fused-ring (bicyclic) bond motifs is 1. The zero-order chi connectivity index (χ0) is 11.8.